The van der Waals surface area contributed by atoms with E-state index >= 15 is 0 Å². The standard InChI is InChI=1S/C20H24N6O/c1-27-19-10-9-17(26-24-14-23-25-26)12-16(19)13-22-18-8-5-11-21-20(18)15-6-3-2-4-7-15/h2-4,6-7,9-10,12,14,18,20-22H,5,8,11,13H2,1H3/t18-,20-/m0/s1. The number of tetrazole rings is 1. The molecule has 1 aromatic heterocycles. The predicted octanol–water partition coefficient (Wildman–Crippen LogP) is 2.25. The van der Waals surface area contributed by atoms with E-state index in [0.717, 1.165) is 30.0 Å². The van der Waals surface area contributed by atoms with E-state index in [-0.39, 0.29) is 0 Å². The molecule has 2 heterocycles. The summed E-state index contributed by atoms with van der Waals surface area (Å²) in [5.74, 6) is 0.853. The van der Waals surface area contributed by atoms with Gasteiger partial charge in [0.25, 0.3) is 0 Å². The average molecular weight is 364 g/mol. The van der Waals surface area contributed by atoms with Gasteiger partial charge in [0.05, 0.1) is 12.8 Å². The summed E-state index contributed by atoms with van der Waals surface area (Å²) in [5, 5.41) is 19.2. The first-order chi connectivity index (χ1) is 13.3. The summed E-state index contributed by atoms with van der Waals surface area (Å²) in [6.45, 7) is 1.76. The van der Waals surface area contributed by atoms with Crippen molar-refractivity contribution in [1.29, 1.82) is 0 Å². The smallest absolute Gasteiger partial charge is 0.162 e. The predicted molar refractivity (Wildman–Crippen MR) is 103 cm³/mol. The van der Waals surface area contributed by atoms with Crippen LogP contribution in [0.2, 0.25) is 0 Å². The molecule has 7 nitrogen and oxygen atoms in total. The first kappa shape index (κ1) is 17.6. The summed E-state index contributed by atoms with van der Waals surface area (Å²) in [5.41, 5.74) is 3.26. The Morgan fingerprint density at radius 3 is 2.89 bits per heavy atom. The maximum absolute atomic E-state index is 5.55. The van der Waals surface area contributed by atoms with Crippen LogP contribution in [-0.4, -0.2) is 39.9 Å². The largest absolute Gasteiger partial charge is 0.496 e. The quantitative estimate of drug-likeness (QED) is 0.699. The molecule has 7 heteroatoms. The van der Waals surface area contributed by atoms with Crippen LogP contribution >= 0.6 is 0 Å². The third-order valence-corrected chi connectivity index (χ3v) is 5.02. The molecule has 0 aliphatic carbocycles. The summed E-state index contributed by atoms with van der Waals surface area (Å²) in [4.78, 5) is 1.51. The Morgan fingerprint density at radius 1 is 1.22 bits per heavy atom. The molecule has 0 radical (unpaired) electrons. The summed E-state index contributed by atoms with van der Waals surface area (Å²) in [6, 6.07) is 17.2. The van der Waals surface area contributed by atoms with Crippen LogP contribution in [0.25, 0.3) is 5.69 Å². The lowest BCUT2D eigenvalue weighted by Crippen LogP contribution is -2.45. The number of rotatable bonds is 6. The van der Waals surface area contributed by atoms with Crippen LogP contribution in [0.4, 0.5) is 0 Å². The molecule has 0 saturated carbocycles. The molecule has 0 amide bonds. The maximum Gasteiger partial charge on any atom is 0.162 e. The number of piperidine rings is 1. The Balaban J connectivity index is 1.52. The second-order valence-electron chi connectivity index (χ2n) is 6.69. The highest BCUT2D eigenvalue weighted by Crippen LogP contribution is 2.26. The summed E-state index contributed by atoms with van der Waals surface area (Å²) in [6.07, 6.45) is 3.74. The van der Waals surface area contributed by atoms with E-state index in [1.165, 1.54) is 23.1 Å². The summed E-state index contributed by atoms with van der Waals surface area (Å²) >= 11 is 0. The third kappa shape index (κ3) is 3.99. The van der Waals surface area contributed by atoms with E-state index in [9.17, 15) is 0 Å². The molecular weight excluding hydrogens is 340 g/mol. The van der Waals surface area contributed by atoms with Crippen molar-refractivity contribution in [3.8, 4) is 11.4 Å². The molecule has 4 rings (SSSR count). The van der Waals surface area contributed by atoms with Crippen LogP contribution in [0, 0.1) is 0 Å². The normalized spacial score (nSPS) is 19.7. The van der Waals surface area contributed by atoms with Gasteiger partial charge in [0.15, 0.2) is 6.33 Å². The number of nitrogens with zero attached hydrogens (tertiary/aromatic N) is 4. The van der Waals surface area contributed by atoms with Gasteiger partial charge in [0.2, 0.25) is 0 Å². The van der Waals surface area contributed by atoms with Gasteiger partial charge in [-0.25, -0.2) is 0 Å². The zero-order valence-electron chi connectivity index (χ0n) is 15.4. The van der Waals surface area contributed by atoms with Gasteiger partial charge in [-0.15, -0.1) is 15.0 Å². The first-order valence-corrected chi connectivity index (χ1v) is 9.27. The van der Waals surface area contributed by atoms with E-state index < -0.39 is 0 Å². The molecular formula is C20H24N6O. The van der Waals surface area contributed by atoms with Crippen molar-refractivity contribution in [2.24, 2.45) is 0 Å². The molecule has 1 fully saturated rings. The molecule has 3 aromatic rings. The number of benzene rings is 2. The van der Waals surface area contributed by atoms with Gasteiger partial charge in [-0.1, -0.05) is 30.3 Å². The van der Waals surface area contributed by atoms with Gasteiger partial charge >= 0.3 is 0 Å². The average Bonchev–Trinajstić information content (AvgIpc) is 3.28. The van der Waals surface area contributed by atoms with E-state index in [4.69, 9.17) is 4.74 Å². The van der Waals surface area contributed by atoms with Gasteiger partial charge in [-0.05, 0) is 48.4 Å². The molecule has 0 spiro atoms. The fourth-order valence-corrected chi connectivity index (χ4v) is 3.67. The SMILES string of the molecule is COc1ccc(-n2ncnn2)cc1CN[C@H]1CCCN[C@H]1c1ccccc1. The minimum Gasteiger partial charge on any atom is -0.496 e. The zero-order valence-corrected chi connectivity index (χ0v) is 15.4. The molecule has 1 saturated heterocycles. The van der Waals surface area contributed by atoms with Crippen molar-refractivity contribution >= 4 is 0 Å². The molecule has 1 aliphatic rings. The van der Waals surface area contributed by atoms with Crippen molar-refractivity contribution in [1.82, 2.24) is 30.8 Å². The Kier molecular flexibility index (Phi) is 5.41. The molecule has 0 unspecified atom stereocenters. The minimum atomic E-state index is 0.311. The molecule has 2 atom stereocenters. The van der Waals surface area contributed by atoms with Crippen LogP contribution in [-0.2, 0) is 6.54 Å². The van der Waals surface area contributed by atoms with Gasteiger partial charge < -0.3 is 15.4 Å². The number of hydrogen-bond donors (Lipinski definition) is 2. The second-order valence-corrected chi connectivity index (χ2v) is 6.69. The molecule has 2 N–H and O–H groups in total. The van der Waals surface area contributed by atoms with E-state index in [2.05, 4.69) is 56.4 Å². The molecule has 0 bridgehead atoms. The van der Waals surface area contributed by atoms with E-state index in [1.807, 2.05) is 18.2 Å². The topological polar surface area (TPSA) is 76.9 Å². The zero-order chi connectivity index (χ0) is 18.5. The van der Waals surface area contributed by atoms with Crippen molar-refractivity contribution in [2.75, 3.05) is 13.7 Å². The van der Waals surface area contributed by atoms with Gasteiger partial charge in [-0.3, -0.25) is 0 Å². The fourth-order valence-electron chi connectivity index (χ4n) is 3.67. The number of nitrogens with one attached hydrogen (secondary N) is 2. The van der Waals surface area contributed by atoms with Crippen molar-refractivity contribution in [2.45, 2.75) is 31.5 Å². The Labute approximate surface area is 158 Å². The molecule has 1 aliphatic heterocycles. The lowest BCUT2D eigenvalue weighted by atomic mass is 9.92. The van der Waals surface area contributed by atoms with E-state index in [0.29, 0.717) is 18.6 Å². The minimum absolute atomic E-state index is 0.311. The van der Waals surface area contributed by atoms with E-state index in [1.54, 1.807) is 7.11 Å². The maximum atomic E-state index is 5.55. The van der Waals surface area contributed by atoms with Crippen LogP contribution in [0.15, 0.2) is 54.9 Å². The first-order valence-electron chi connectivity index (χ1n) is 9.27. The van der Waals surface area contributed by atoms with Crippen LogP contribution < -0.4 is 15.4 Å². The summed E-state index contributed by atoms with van der Waals surface area (Å²) in [7, 11) is 1.70. The number of aromatic nitrogens is 4. The Bertz CT molecular complexity index is 852. The highest BCUT2D eigenvalue weighted by molar-refractivity contribution is 5.43. The lowest BCUT2D eigenvalue weighted by Gasteiger charge is -2.34. The van der Waals surface area contributed by atoms with Crippen LogP contribution in [0.3, 0.4) is 0 Å². The van der Waals surface area contributed by atoms with Gasteiger partial charge in [0.1, 0.15) is 5.75 Å². The van der Waals surface area contributed by atoms with Gasteiger partial charge in [0, 0.05) is 24.2 Å². The fraction of sp³-hybridized carbons (Fsp3) is 0.350. The highest BCUT2D eigenvalue weighted by Gasteiger charge is 2.25. The lowest BCUT2D eigenvalue weighted by molar-refractivity contribution is 0.303. The van der Waals surface area contributed by atoms with Crippen LogP contribution in [0.1, 0.15) is 30.0 Å². The highest BCUT2D eigenvalue weighted by atomic mass is 16.5. The number of ether oxygens (including phenoxy) is 1. The molecule has 2 aromatic carbocycles. The van der Waals surface area contributed by atoms with Crippen molar-refractivity contribution in [3.63, 3.8) is 0 Å². The van der Waals surface area contributed by atoms with Crippen molar-refractivity contribution in [3.05, 3.63) is 66.0 Å². The number of methoxy groups -OCH3 is 1. The Hall–Kier alpha value is -2.77. The molecule has 27 heavy (non-hydrogen) atoms. The van der Waals surface area contributed by atoms with Crippen molar-refractivity contribution < 1.29 is 4.74 Å². The summed E-state index contributed by atoms with van der Waals surface area (Å²) < 4.78 is 5.55. The Morgan fingerprint density at radius 2 is 2.11 bits per heavy atom. The monoisotopic (exact) mass is 364 g/mol. The molecule has 140 valence electrons. The third-order valence-electron chi connectivity index (χ3n) is 5.02. The second kappa shape index (κ2) is 8.28. The number of hydrogen-bond acceptors (Lipinski definition) is 6. The van der Waals surface area contributed by atoms with Gasteiger partial charge in [-0.2, -0.15) is 0 Å². The van der Waals surface area contributed by atoms with Crippen LogP contribution in [0.5, 0.6) is 5.75 Å².